The summed E-state index contributed by atoms with van der Waals surface area (Å²) in [7, 11) is 0. The van der Waals surface area contributed by atoms with Crippen LogP contribution in [0.15, 0.2) is 109 Å². The molecule has 5 rings (SSSR count). The second kappa shape index (κ2) is 7.84. The van der Waals surface area contributed by atoms with E-state index in [0.717, 1.165) is 28.6 Å². The van der Waals surface area contributed by atoms with Crippen LogP contribution in [-0.2, 0) is 0 Å². The normalized spacial score (nSPS) is 12.5. The Hall–Kier alpha value is -4.31. The molecule has 4 aromatic rings. The van der Waals surface area contributed by atoms with E-state index >= 15 is 0 Å². The quantitative estimate of drug-likeness (QED) is 0.198. The molecule has 1 N–H and O–H groups in total. The van der Waals surface area contributed by atoms with Crippen LogP contribution in [0.2, 0.25) is 0 Å². The monoisotopic (exact) mass is 405 g/mol. The van der Waals surface area contributed by atoms with E-state index in [1.807, 2.05) is 78.9 Å². The third kappa shape index (κ3) is 3.55. The zero-order valence-electron chi connectivity index (χ0n) is 16.6. The summed E-state index contributed by atoms with van der Waals surface area (Å²) in [4.78, 5) is 14.8. The van der Waals surface area contributed by atoms with Gasteiger partial charge in [-0.3, -0.25) is 4.79 Å². The molecule has 1 aliphatic heterocycles. The first kappa shape index (κ1) is 18.7. The van der Waals surface area contributed by atoms with Gasteiger partial charge in [-0.2, -0.15) is 0 Å². The molecular weight excluding hydrogens is 386 g/mol. The fraction of sp³-hybridized carbons (Fsp3) is 0. The zero-order valence-corrected chi connectivity index (χ0v) is 16.6. The van der Waals surface area contributed by atoms with Crippen LogP contribution in [-0.4, -0.2) is 10.9 Å². The van der Waals surface area contributed by atoms with E-state index < -0.39 is 0 Å². The van der Waals surface area contributed by atoms with Gasteiger partial charge in [0.1, 0.15) is 5.76 Å². The molecule has 0 amide bonds. The number of rotatable bonds is 4. The molecule has 0 aromatic heterocycles. The predicted molar refractivity (Wildman–Crippen MR) is 123 cm³/mol. The summed E-state index contributed by atoms with van der Waals surface area (Å²) in [5.41, 5.74) is 3.88. The summed E-state index contributed by atoms with van der Waals surface area (Å²) in [5.74, 6) is 1.25. The fourth-order valence-corrected chi connectivity index (χ4v) is 3.66. The van der Waals surface area contributed by atoms with Crippen LogP contribution < -0.4 is 9.64 Å². The molecule has 0 saturated heterocycles. The number of hydrogen-bond acceptors (Lipinski definition) is 4. The van der Waals surface area contributed by atoms with Gasteiger partial charge in [-0.25, -0.2) is 0 Å². The van der Waals surface area contributed by atoms with E-state index in [1.54, 1.807) is 24.3 Å². The summed E-state index contributed by atoms with van der Waals surface area (Å²) >= 11 is 0. The summed E-state index contributed by atoms with van der Waals surface area (Å²) < 4.78 is 6.05. The lowest BCUT2D eigenvalue weighted by Gasteiger charge is -2.32. The number of aliphatic hydroxyl groups is 1. The molecule has 0 atom stereocenters. The average molecular weight is 405 g/mol. The number of fused-ring (bicyclic) bond motifs is 2. The second-order valence-corrected chi connectivity index (χ2v) is 7.18. The van der Waals surface area contributed by atoms with Crippen molar-refractivity contribution >= 4 is 28.6 Å². The lowest BCUT2D eigenvalue weighted by molar-refractivity contribution is 0.104. The summed E-state index contributed by atoms with van der Waals surface area (Å²) in [6.07, 6.45) is 1.25. The highest BCUT2D eigenvalue weighted by Gasteiger charge is 2.25. The van der Waals surface area contributed by atoms with Crippen molar-refractivity contribution in [1.82, 2.24) is 0 Å². The minimum atomic E-state index is -0.254. The lowest BCUT2D eigenvalue weighted by atomic mass is 10.1. The van der Waals surface area contributed by atoms with Crippen molar-refractivity contribution < 1.29 is 14.6 Å². The number of nitrogens with zero attached hydrogens (tertiary/aromatic N) is 1. The van der Waals surface area contributed by atoms with Crippen LogP contribution in [0.3, 0.4) is 0 Å². The molecule has 0 saturated carbocycles. The van der Waals surface area contributed by atoms with Gasteiger partial charge in [0.15, 0.2) is 17.3 Å². The van der Waals surface area contributed by atoms with Crippen molar-refractivity contribution in [3.8, 4) is 11.5 Å². The maximum absolute atomic E-state index is 12.6. The van der Waals surface area contributed by atoms with Crippen LogP contribution in [0.5, 0.6) is 11.5 Å². The van der Waals surface area contributed by atoms with E-state index in [4.69, 9.17) is 4.74 Å². The zero-order chi connectivity index (χ0) is 21.2. The van der Waals surface area contributed by atoms with Gasteiger partial charge in [0.25, 0.3) is 0 Å². The highest BCUT2D eigenvalue weighted by atomic mass is 16.5. The molecule has 31 heavy (non-hydrogen) atoms. The molecule has 0 bridgehead atoms. The average Bonchev–Trinajstić information content (AvgIpc) is 2.83. The van der Waals surface area contributed by atoms with Gasteiger partial charge in [-0.15, -0.1) is 0 Å². The smallest absolute Gasteiger partial charge is 0.189 e. The van der Waals surface area contributed by atoms with E-state index in [1.165, 1.54) is 6.08 Å². The molecule has 1 heterocycles. The second-order valence-electron chi connectivity index (χ2n) is 7.18. The molecule has 0 fully saturated rings. The molecule has 0 unspecified atom stereocenters. The molecule has 0 aliphatic carbocycles. The maximum Gasteiger partial charge on any atom is 0.189 e. The Bertz CT molecular complexity index is 1230. The minimum Gasteiger partial charge on any atom is -0.507 e. The fourth-order valence-electron chi connectivity index (χ4n) is 3.66. The van der Waals surface area contributed by atoms with Gasteiger partial charge in [-0.1, -0.05) is 54.6 Å². The van der Waals surface area contributed by atoms with Crippen LogP contribution >= 0.6 is 0 Å². The van der Waals surface area contributed by atoms with Crippen LogP contribution in [0.1, 0.15) is 15.9 Å². The van der Waals surface area contributed by atoms with Crippen molar-refractivity contribution in [3.05, 3.63) is 120 Å². The van der Waals surface area contributed by atoms with Crippen LogP contribution in [0.25, 0.3) is 5.76 Å². The van der Waals surface area contributed by atoms with Crippen molar-refractivity contribution in [2.75, 3.05) is 4.90 Å². The number of carbonyl (C=O) groups is 1. The summed E-state index contributed by atoms with van der Waals surface area (Å²) in [6.45, 7) is 0. The molecule has 1 aliphatic rings. The number of ether oxygens (including phenoxy) is 1. The van der Waals surface area contributed by atoms with E-state index in [0.29, 0.717) is 11.1 Å². The first-order valence-corrected chi connectivity index (χ1v) is 9.97. The highest BCUT2D eigenvalue weighted by molar-refractivity contribution is 6.08. The third-order valence-electron chi connectivity index (χ3n) is 5.18. The first-order valence-electron chi connectivity index (χ1n) is 9.97. The van der Waals surface area contributed by atoms with Gasteiger partial charge in [0.05, 0.1) is 11.4 Å². The van der Waals surface area contributed by atoms with Crippen LogP contribution in [0.4, 0.5) is 17.1 Å². The van der Waals surface area contributed by atoms with Crippen molar-refractivity contribution in [2.24, 2.45) is 0 Å². The number of carbonyl (C=O) groups excluding carboxylic acids is 1. The van der Waals surface area contributed by atoms with E-state index in [9.17, 15) is 9.90 Å². The number of allylic oxidation sites excluding steroid dienone is 1. The van der Waals surface area contributed by atoms with E-state index in [-0.39, 0.29) is 11.5 Å². The SMILES string of the molecule is O=C(C=C(O)c1ccccc1)c1ccc(N2c3ccccc3Oc3ccccc32)cc1. The topological polar surface area (TPSA) is 49.8 Å². The molecule has 4 nitrogen and oxygen atoms in total. The largest absolute Gasteiger partial charge is 0.507 e. The van der Waals surface area contributed by atoms with Gasteiger partial charge in [0.2, 0.25) is 0 Å². The Kier molecular flexibility index (Phi) is 4.73. The molecular formula is C27H19NO3. The molecule has 4 heteroatoms. The Morgan fingerprint density at radius 3 is 1.84 bits per heavy atom. The molecule has 0 spiro atoms. The number of anilines is 3. The molecule has 4 aromatic carbocycles. The number of ketones is 1. The minimum absolute atomic E-state index is 0.0503. The lowest BCUT2D eigenvalue weighted by Crippen LogP contribution is -2.15. The number of aliphatic hydroxyl groups excluding tert-OH is 1. The van der Waals surface area contributed by atoms with Crippen molar-refractivity contribution in [1.29, 1.82) is 0 Å². The first-order chi connectivity index (χ1) is 15.2. The standard InChI is InChI=1S/C27H19NO3/c29-24(19-8-2-1-3-9-19)18-25(30)20-14-16-21(17-15-20)28-22-10-4-6-12-26(22)31-27-13-7-5-11-23(27)28/h1-18,29H. The Balaban J connectivity index is 1.48. The van der Waals surface area contributed by atoms with Gasteiger partial charge < -0.3 is 14.7 Å². The van der Waals surface area contributed by atoms with Gasteiger partial charge in [0, 0.05) is 22.9 Å². The predicted octanol–water partition coefficient (Wildman–Crippen LogP) is 7.04. The summed E-state index contributed by atoms with van der Waals surface area (Å²) in [5, 5.41) is 10.2. The van der Waals surface area contributed by atoms with Gasteiger partial charge in [-0.05, 0) is 48.5 Å². The Labute approximate surface area is 180 Å². The van der Waals surface area contributed by atoms with E-state index in [2.05, 4.69) is 4.90 Å². The number of hydrogen-bond donors (Lipinski definition) is 1. The van der Waals surface area contributed by atoms with Crippen LogP contribution in [0, 0.1) is 0 Å². The highest BCUT2D eigenvalue weighted by Crippen LogP contribution is 2.49. The molecule has 0 radical (unpaired) electrons. The Morgan fingerprint density at radius 1 is 0.677 bits per heavy atom. The maximum atomic E-state index is 12.6. The third-order valence-corrected chi connectivity index (χ3v) is 5.18. The van der Waals surface area contributed by atoms with Gasteiger partial charge >= 0.3 is 0 Å². The number of benzene rings is 4. The molecule has 150 valence electrons. The Morgan fingerprint density at radius 2 is 1.23 bits per heavy atom. The van der Waals surface area contributed by atoms with Crippen molar-refractivity contribution in [3.63, 3.8) is 0 Å². The summed E-state index contributed by atoms with van der Waals surface area (Å²) in [6, 6.07) is 32.1. The van der Waals surface area contributed by atoms with Crippen molar-refractivity contribution in [2.45, 2.75) is 0 Å². The number of para-hydroxylation sites is 4.